The normalized spacial score (nSPS) is 11.7. The Bertz CT molecular complexity index is 1470. The minimum atomic E-state index is -6.09. The first kappa shape index (κ1) is 54.4. The van der Waals surface area contributed by atoms with Crippen molar-refractivity contribution in [2.75, 3.05) is 13.2 Å². The van der Waals surface area contributed by atoms with E-state index >= 15 is 0 Å². The molecule has 5 nitrogen and oxygen atoms in total. The zero-order chi connectivity index (χ0) is 44.3. The summed E-state index contributed by atoms with van der Waals surface area (Å²) in [6, 6.07) is 28.6. The van der Waals surface area contributed by atoms with E-state index in [2.05, 4.69) is 92.7 Å². The van der Waals surface area contributed by atoms with Crippen LogP contribution in [0, 0.1) is 0 Å². The Balaban J connectivity index is 0.00000145. The molecule has 10 heteroatoms. The summed E-state index contributed by atoms with van der Waals surface area (Å²) in [5.41, 5.74) is -5.65. The lowest BCUT2D eigenvalue weighted by molar-refractivity contribution is -0.0517. The molecule has 0 saturated carbocycles. The van der Waals surface area contributed by atoms with Gasteiger partial charge >= 0.3 is 5.51 Å². The molecule has 0 unspecified atom stereocenters. The van der Waals surface area contributed by atoms with E-state index in [0.717, 1.165) is 37.6 Å². The number of unbranched alkanes of at least 4 members (excludes halogenated alkanes) is 26. The fourth-order valence-electron chi connectivity index (χ4n) is 7.28. The molecule has 3 rings (SSSR count). The summed E-state index contributed by atoms with van der Waals surface area (Å²) in [5.74, 6) is 1.96. The Morgan fingerprint density at radius 1 is 0.426 bits per heavy atom. The third-order valence-corrected chi connectivity index (χ3v) is 13.7. The largest absolute Gasteiger partial charge is 0.741 e. The van der Waals surface area contributed by atoms with E-state index in [1.807, 2.05) is 0 Å². The van der Waals surface area contributed by atoms with Gasteiger partial charge < -0.3 is 14.0 Å². The van der Waals surface area contributed by atoms with Crippen molar-refractivity contribution in [2.45, 2.75) is 214 Å². The third kappa shape index (κ3) is 27.2. The average Bonchev–Trinajstić information content (AvgIpc) is 3.24. The van der Waals surface area contributed by atoms with E-state index in [1.54, 1.807) is 0 Å². The lowest BCUT2D eigenvalue weighted by atomic mass is 10.0. The molecule has 61 heavy (non-hydrogen) atoms. The minimum Gasteiger partial charge on any atom is -0.741 e. The molecular formula is C51H79F3O5S2. The quantitative estimate of drug-likeness (QED) is 0.0254. The smallest absolute Gasteiger partial charge is 0.485 e. The van der Waals surface area contributed by atoms with E-state index in [0.29, 0.717) is 0 Å². The molecule has 0 atom stereocenters. The van der Waals surface area contributed by atoms with Crippen molar-refractivity contribution in [1.29, 1.82) is 0 Å². The fourth-order valence-corrected chi connectivity index (χ4v) is 9.34. The van der Waals surface area contributed by atoms with E-state index in [1.165, 1.54) is 182 Å². The first-order valence-electron chi connectivity index (χ1n) is 23.8. The van der Waals surface area contributed by atoms with Gasteiger partial charge in [-0.2, -0.15) is 13.2 Å². The summed E-state index contributed by atoms with van der Waals surface area (Å²) < 4.78 is 71.2. The predicted molar refractivity (Wildman–Crippen MR) is 249 cm³/mol. The molecule has 0 aliphatic rings. The fraction of sp³-hybridized carbons (Fsp3) is 0.647. The summed E-state index contributed by atoms with van der Waals surface area (Å²) in [7, 11) is -6.27. The summed E-state index contributed by atoms with van der Waals surface area (Å²) in [5, 5.41) is 0. The molecule has 0 N–H and O–H groups in total. The van der Waals surface area contributed by atoms with Crippen molar-refractivity contribution in [1.82, 2.24) is 0 Å². The van der Waals surface area contributed by atoms with Crippen molar-refractivity contribution in [3.8, 4) is 11.5 Å². The molecule has 3 aromatic rings. The molecule has 0 aliphatic carbocycles. The van der Waals surface area contributed by atoms with Crippen molar-refractivity contribution in [3.05, 3.63) is 78.9 Å². The number of alkyl halides is 3. The van der Waals surface area contributed by atoms with Gasteiger partial charge in [-0.1, -0.05) is 199 Å². The average molecular weight is 893 g/mol. The maximum atomic E-state index is 10.7. The maximum absolute atomic E-state index is 10.7. The molecular weight excluding hydrogens is 814 g/mol. The molecule has 0 aromatic heterocycles. The van der Waals surface area contributed by atoms with Crippen molar-refractivity contribution in [2.24, 2.45) is 0 Å². The van der Waals surface area contributed by atoms with Gasteiger partial charge in [-0.15, -0.1) is 0 Å². The van der Waals surface area contributed by atoms with Crippen molar-refractivity contribution >= 4 is 21.0 Å². The van der Waals surface area contributed by atoms with E-state index in [4.69, 9.17) is 22.4 Å². The monoisotopic (exact) mass is 893 g/mol. The molecule has 0 spiro atoms. The number of hydrogen-bond donors (Lipinski definition) is 0. The van der Waals surface area contributed by atoms with E-state index in [-0.39, 0.29) is 10.9 Å². The highest BCUT2D eigenvalue weighted by Gasteiger charge is 2.37. The zero-order valence-electron chi connectivity index (χ0n) is 37.7. The zero-order valence-corrected chi connectivity index (χ0v) is 39.3. The maximum Gasteiger partial charge on any atom is 0.485 e. The third-order valence-electron chi connectivity index (χ3n) is 10.9. The van der Waals surface area contributed by atoms with Gasteiger partial charge in [0.1, 0.15) is 11.5 Å². The van der Waals surface area contributed by atoms with Crippen LogP contribution in [0.1, 0.15) is 194 Å². The van der Waals surface area contributed by atoms with Crippen LogP contribution in [0.25, 0.3) is 0 Å². The van der Waals surface area contributed by atoms with Gasteiger partial charge in [0.2, 0.25) is 0 Å². The molecule has 0 amide bonds. The first-order valence-corrected chi connectivity index (χ1v) is 26.5. The molecule has 3 aromatic carbocycles. The Kier molecular flexibility index (Phi) is 31.0. The number of ether oxygens (including phenoxy) is 2. The van der Waals surface area contributed by atoms with E-state index < -0.39 is 15.6 Å². The highest BCUT2D eigenvalue weighted by molar-refractivity contribution is 7.97. The van der Waals surface area contributed by atoms with Gasteiger partial charge in [0.15, 0.2) is 24.8 Å². The number of halogens is 3. The van der Waals surface area contributed by atoms with Gasteiger partial charge in [-0.3, -0.25) is 0 Å². The summed E-state index contributed by atoms with van der Waals surface area (Å²) in [6.45, 7) is 6.21. The number of rotatable bonds is 35. The second kappa shape index (κ2) is 34.8. The molecule has 0 heterocycles. The standard InChI is InChI=1S/C50H79O2S.CHF3O3S/c1-3-5-7-9-11-13-15-17-19-21-23-25-27-32-44-51-46-36-40-49(41-37-46)53(48-34-30-29-31-35-48)50-42-38-47(39-43-50)52-45-33-28-26-24-22-20-18-16-14-12-10-8-6-4-2;2-1(3,4)8(5,6)7/h29-31,34-43H,3-28,32-33,44-45H2,1-2H3;(H,5,6,7)/q+1;/p-1. The topological polar surface area (TPSA) is 75.7 Å². The van der Waals surface area contributed by atoms with Gasteiger partial charge in [-0.05, 0) is 73.5 Å². The number of hydrogen-bond acceptors (Lipinski definition) is 5. The second-order valence-electron chi connectivity index (χ2n) is 16.4. The van der Waals surface area contributed by atoms with E-state index in [9.17, 15) is 13.2 Å². The predicted octanol–water partition coefficient (Wildman–Crippen LogP) is 16.6. The van der Waals surface area contributed by atoms with Crippen LogP contribution in [0.4, 0.5) is 13.2 Å². The molecule has 0 fully saturated rings. The van der Waals surface area contributed by atoms with Gasteiger partial charge in [0.25, 0.3) is 0 Å². The Morgan fingerprint density at radius 2 is 0.672 bits per heavy atom. The first-order chi connectivity index (χ1) is 29.6. The van der Waals surface area contributed by atoms with Gasteiger partial charge in [0, 0.05) is 0 Å². The van der Waals surface area contributed by atoms with Crippen LogP contribution >= 0.6 is 0 Å². The SMILES string of the molecule is CCCCCCCCCCCCCCCCOc1ccc([S+](c2ccccc2)c2ccc(OCCCCCCCCCCCCCCCC)cc2)cc1.O=S(=O)([O-])C(F)(F)F. The van der Waals surface area contributed by atoms with Crippen LogP contribution in [0.3, 0.4) is 0 Å². The molecule has 0 saturated heterocycles. The molecule has 346 valence electrons. The minimum absolute atomic E-state index is 0.177. The Labute approximate surface area is 372 Å². The van der Waals surface area contributed by atoms with Crippen LogP contribution in [0.15, 0.2) is 93.5 Å². The van der Waals surface area contributed by atoms with Crippen LogP contribution in [-0.4, -0.2) is 31.7 Å². The molecule has 0 bridgehead atoms. The van der Waals surface area contributed by atoms with Crippen LogP contribution in [-0.2, 0) is 21.0 Å². The van der Waals surface area contributed by atoms with Crippen LogP contribution < -0.4 is 9.47 Å². The highest BCUT2D eigenvalue weighted by Crippen LogP contribution is 2.33. The summed E-state index contributed by atoms with van der Waals surface area (Å²) in [6.07, 6.45) is 38.7. The van der Waals surface area contributed by atoms with Crippen molar-refractivity contribution in [3.63, 3.8) is 0 Å². The van der Waals surface area contributed by atoms with Gasteiger partial charge in [-0.25, -0.2) is 8.42 Å². The number of benzene rings is 3. The molecule has 0 aliphatic heterocycles. The van der Waals surface area contributed by atoms with Gasteiger partial charge in [0.05, 0.1) is 24.1 Å². The summed E-state index contributed by atoms with van der Waals surface area (Å²) in [4.78, 5) is 3.96. The second-order valence-corrected chi connectivity index (χ2v) is 19.7. The Hall–Kier alpha value is -2.69. The lowest BCUT2D eigenvalue weighted by Crippen LogP contribution is -2.21. The van der Waals surface area contributed by atoms with Crippen LogP contribution in [0.5, 0.6) is 11.5 Å². The van der Waals surface area contributed by atoms with Crippen LogP contribution in [0.2, 0.25) is 0 Å². The highest BCUT2D eigenvalue weighted by atomic mass is 32.2. The van der Waals surface area contributed by atoms with Crippen molar-refractivity contribution < 1.29 is 35.6 Å². The molecule has 0 radical (unpaired) electrons. The Morgan fingerprint density at radius 3 is 0.934 bits per heavy atom. The lowest BCUT2D eigenvalue weighted by Gasteiger charge is -2.11. The summed E-state index contributed by atoms with van der Waals surface area (Å²) >= 11 is 0.